The first-order chi connectivity index (χ1) is 15.1. The van der Waals surface area contributed by atoms with Gasteiger partial charge in [-0.2, -0.15) is 5.10 Å². The van der Waals surface area contributed by atoms with E-state index >= 15 is 0 Å². The molecule has 7 nitrogen and oxygen atoms in total. The van der Waals surface area contributed by atoms with Crippen molar-refractivity contribution in [2.24, 2.45) is 5.10 Å². The summed E-state index contributed by atoms with van der Waals surface area (Å²) in [4.78, 5) is 20.4. The lowest BCUT2D eigenvalue weighted by Crippen LogP contribution is -2.17. The third-order valence-electron chi connectivity index (χ3n) is 4.80. The smallest absolute Gasteiger partial charge is 0.271 e. The molecule has 31 heavy (non-hydrogen) atoms. The minimum absolute atomic E-state index is 0.299. The molecule has 1 aromatic heterocycles. The average molecular weight is 414 g/mol. The molecule has 4 aromatic rings. The average Bonchev–Trinajstić information content (AvgIpc) is 3.21. The standard InChI is InChI=1S/C24H22N4O3/c1-30-19-9-6-16(7-10-19)13-23-26-21-11-8-18(14-22(21)27-23)24(29)28-25-15-17-4-3-5-20(12-17)31-2/h3-12,14-15H,13H2,1-2H3,(H,26,27)(H,28,29)/b25-15-. The fourth-order valence-corrected chi connectivity index (χ4v) is 3.18. The van der Waals surface area contributed by atoms with Crippen LogP contribution < -0.4 is 14.9 Å². The Bertz CT molecular complexity index is 1230. The lowest BCUT2D eigenvalue weighted by atomic mass is 10.1. The number of ether oxygens (including phenoxy) is 2. The van der Waals surface area contributed by atoms with Crippen LogP contribution in [0.3, 0.4) is 0 Å². The monoisotopic (exact) mass is 414 g/mol. The number of imidazole rings is 1. The lowest BCUT2D eigenvalue weighted by molar-refractivity contribution is 0.0955. The first-order valence-corrected chi connectivity index (χ1v) is 9.73. The van der Waals surface area contributed by atoms with Crippen molar-refractivity contribution in [2.45, 2.75) is 6.42 Å². The van der Waals surface area contributed by atoms with Crippen molar-refractivity contribution in [3.63, 3.8) is 0 Å². The Balaban J connectivity index is 1.44. The number of carbonyl (C=O) groups is 1. The van der Waals surface area contributed by atoms with Crippen LogP contribution in [0.2, 0.25) is 0 Å². The van der Waals surface area contributed by atoms with E-state index in [4.69, 9.17) is 9.47 Å². The molecule has 0 saturated heterocycles. The first kappa shape index (κ1) is 20.2. The van der Waals surface area contributed by atoms with Crippen molar-refractivity contribution in [3.8, 4) is 11.5 Å². The molecular formula is C24H22N4O3. The second-order valence-corrected chi connectivity index (χ2v) is 6.92. The van der Waals surface area contributed by atoms with Gasteiger partial charge in [-0.1, -0.05) is 24.3 Å². The predicted octanol–water partition coefficient (Wildman–Crippen LogP) is 3.93. The van der Waals surface area contributed by atoms with Gasteiger partial charge in [-0.05, 0) is 53.6 Å². The van der Waals surface area contributed by atoms with Crippen molar-refractivity contribution < 1.29 is 14.3 Å². The molecule has 1 amide bonds. The molecule has 0 radical (unpaired) electrons. The molecular weight excluding hydrogens is 392 g/mol. The Hall–Kier alpha value is -4.13. The number of aromatic amines is 1. The number of carbonyl (C=O) groups excluding carboxylic acids is 1. The summed E-state index contributed by atoms with van der Waals surface area (Å²) < 4.78 is 10.4. The van der Waals surface area contributed by atoms with E-state index in [0.717, 1.165) is 39.5 Å². The summed E-state index contributed by atoms with van der Waals surface area (Å²) in [5.41, 5.74) is 6.59. The summed E-state index contributed by atoms with van der Waals surface area (Å²) in [5.74, 6) is 2.07. The second-order valence-electron chi connectivity index (χ2n) is 6.92. The van der Waals surface area contributed by atoms with Crippen LogP contribution in [0.15, 0.2) is 71.8 Å². The molecule has 0 spiro atoms. The Morgan fingerprint density at radius 1 is 1.03 bits per heavy atom. The minimum Gasteiger partial charge on any atom is -0.497 e. The number of nitrogens with zero attached hydrogens (tertiary/aromatic N) is 2. The normalized spacial score (nSPS) is 11.0. The van der Waals surface area contributed by atoms with Gasteiger partial charge in [0.15, 0.2) is 0 Å². The van der Waals surface area contributed by atoms with Crippen LogP contribution in [0.1, 0.15) is 27.3 Å². The molecule has 1 heterocycles. The molecule has 0 aliphatic heterocycles. The van der Waals surface area contributed by atoms with Crippen LogP contribution in [0.4, 0.5) is 0 Å². The number of hydrogen-bond acceptors (Lipinski definition) is 5. The minimum atomic E-state index is -0.299. The number of hydrazone groups is 1. The van der Waals surface area contributed by atoms with Gasteiger partial charge in [0, 0.05) is 12.0 Å². The molecule has 0 unspecified atom stereocenters. The highest BCUT2D eigenvalue weighted by atomic mass is 16.5. The molecule has 0 aliphatic rings. The SMILES string of the molecule is COc1ccc(Cc2nc3ccc(C(=O)N/N=C\c4cccc(OC)c4)cc3[nH]2)cc1. The fraction of sp³-hybridized carbons (Fsp3) is 0.125. The summed E-state index contributed by atoms with van der Waals surface area (Å²) in [7, 11) is 3.25. The molecule has 7 heteroatoms. The highest BCUT2D eigenvalue weighted by Crippen LogP contribution is 2.18. The fourth-order valence-electron chi connectivity index (χ4n) is 3.18. The molecule has 0 bridgehead atoms. The van der Waals surface area contributed by atoms with Crippen LogP contribution in [0, 0.1) is 0 Å². The molecule has 4 rings (SSSR count). The number of aromatic nitrogens is 2. The van der Waals surface area contributed by atoms with Crippen LogP contribution in [-0.2, 0) is 6.42 Å². The maximum atomic E-state index is 12.5. The van der Waals surface area contributed by atoms with E-state index in [1.54, 1.807) is 32.6 Å². The van der Waals surface area contributed by atoms with Crippen LogP contribution in [-0.4, -0.2) is 36.3 Å². The molecule has 156 valence electrons. The topological polar surface area (TPSA) is 88.6 Å². The van der Waals surface area contributed by atoms with Gasteiger partial charge >= 0.3 is 0 Å². The number of amides is 1. The molecule has 2 N–H and O–H groups in total. The van der Waals surface area contributed by atoms with Gasteiger partial charge in [0.25, 0.3) is 5.91 Å². The predicted molar refractivity (Wildman–Crippen MR) is 120 cm³/mol. The van der Waals surface area contributed by atoms with Crippen molar-refractivity contribution in [3.05, 3.63) is 89.2 Å². The molecule has 0 saturated carbocycles. The third-order valence-corrected chi connectivity index (χ3v) is 4.80. The summed E-state index contributed by atoms with van der Waals surface area (Å²) in [6.07, 6.45) is 2.23. The zero-order chi connectivity index (χ0) is 21.6. The van der Waals surface area contributed by atoms with E-state index in [2.05, 4.69) is 20.5 Å². The van der Waals surface area contributed by atoms with Crippen molar-refractivity contribution >= 4 is 23.2 Å². The molecule has 3 aromatic carbocycles. The van der Waals surface area contributed by atoms with Gasteiger partial charge in [0.2, 0.25) is 0 Å². The van der Waals surface area contributed by atoms with Crippen LogP contribution >= 0.6 is 0 Å². The first-order valence-electron chi connectivity index (χ1n) is 9.73. The highest BCUT2D eigenvalue weighted by Gasteiger charge is 2.09. The number of methoxy groups -OCH3 is 2. The summed E-state index contributed by atoms with van der Waals surface area (Å²) in [5, 5.41) is 4.03. The van der Waals surface area contributed by atoms with Crippen molar-refractivity contribution in [2.75, 3.05) is 14.2 Å². The van der Waals surface area contributed by atoms with E-state index in [-0.39, 0.29) is 5.91 Å². The lowest BCUT2D eigenvalue weighted by Gasteiger charge is -2.01. The number of H-pyrrole nitrogens is 1. The van der Waals surface area contributed by atoms with E-state index < -0.39 is 0 Å². The largest absolute Gasteiger partial charge is 0.497 e. The Morgan fingerprint density at radius 2 is 1.84 bits per heavy atom. The molecule has 0 atom stereocenters. The van der Waals surface area contributed by atoms with E-state index in [0.29, 0.717) is 12.0 Å². The number of fused-ring (bicyclic) bond motifs is 1. The van der Waals surface area contributed by atoms with Gasteiger partial charge in [-0.25, -0.2) is 10.4 Å². The third kappa shape index (κ3) is 4.90. The van der Waals surface area contributed by atoms with Gasteiger partial charge in [0.05, 0.1) is 31.5 Å². The zero-order valence-electron chi connectivity index (χ0n) is 17.3. The molecule has 0 fully saturated rings. The molecule has 0 aliphatic carbocycles. The zero-order valence-corrected chi connectivity index (χ0v) is 17.3. The van der Waals surface area contributed by atoms with Gasteiger partial charge < -0.3 is 14.5 Å². The summed E-state index contributed by atoms with van der Waals surface area (Å²) in [6.45, 7) is 0. The van der Waals surface area contributed by atoms with Crippen LogP contribution in [0.25, 0.3) is 11.0 Å². The number of hydrogen-bond donors (Lipinski definition) is 2. The Kier molecular flexibility index (Phi) is 5.93. The quantitative estimate of drug-likeness (QED) is 0.354. The maximum absolute atomic E-state index is 12.5. The van der Waals surface area contributed by atoms with Gasteiger partial charge in [-0.15, -0.1) is 0 Å². The Labute approximate surface area is 179 Å². The Morgan fingerprint density at radius 3 is 2.61 bits per heavy atom. The van der Waals surface area contributed by atoms with Crippen molar-refractivity contribution in [1.82, 2.24) is 15.4 Å². The summed E-state index contributed by atoms with van der Waals surface area (Å²) >= 11 is 0. The van der Waals surface area contributed by atoms with Crippen LogP contribution in [0.5, 0.6) is 11.5 Å². The maximum Gasteiger partial charge on any atom is 0.271 e. The second kappa shape index (κ2) is 9.13. The van der Waals surface area contributed by atoms with Gasteiger partial charge in [-0.3, -0.25) is 4.79 Å². The van der Waals surface area contributed by atoms with E-state index in [1.165, 1.54) is 0 Å². The van der Waals surface area contributed by atoms with E-state index in [1.807, 2.05) is 54.6 Å². The summed E-state index contributed by atoms with van der Waals surface area (Å²) in [6, 6.07) is 20.6. The highest BCUT2D eigenvalue weighted by molar-refractivity contribution is 5.97. The van der Waals surface area contributed by atoms with Gasteiger partial charge in [0.1, 0.15) is 17.3 Å². The van der Waals surface area contributed by atoms with E-state index in [9.17, 15) is 4.79 Å². The van der Waals surface area contributed by atoms with Crippen molar-refractivity contribution in [1.29, 1.82) is 0 Å². The number of rotatable bonds is 7. The number of benzene rings is 3. The number of nitrogens with one attached hydrogen (secondary N) is 2.